The van der Waals surface area contributed by atoms with E-state index in [-0.39, 0.29) is 18.5 Å². The van der Waals surface area contributed by atoms with Crippen molar-refractivity contribution in [1.29, 1.82) is 0 Å². The van der Waals surface area contributed by atoms with E-state index in [9.17, 15) is 9.59 Å². The van der Waals surface area contributed by atoms with Gasteiger partial charge in [-0.05, 0) is 55.8 Å². The summed E-state index contributed by atoms with van der Waals surface area (Å²) in [4.78, 5) is 26.1. The number of urea groups is 1. The molecule has 0 aromatic heterocycles. The van der Waals surface area contributed by atoms with Crippen molar-refractivity contribution in [2.24, 2.45) is 5.41 Å². The number of aryl methyl sites for hydroxylation is 1. The van der Waals surface area contributed by atoms with Gasteiger partial charge in [-0.3, -0.25) is 4.79 Å². The predicted octanol–water partition coefficient (Wildman–Crippen LogP) is 1.72. The van der Waals surface area contributed by atoms with Crippen LogP contribution in [-0.2, 0) is 4.79 Å². The quantitative estimate of drug-likeness (QED) is 0.790. The first-order valence-electron chi connectivity index (χ1n) is 8.66. The lowest BCUT2D eigenvalue weighted by Gasteiger charge is -2.38. The zero-order valence-electron chi connectivity index (χ0n) is 14.2. The third kappa shape index (κ3) is 4.06. The molecule has 1 aromatic rings. The summed E-state index contributed by atoms with van der Waals surface area (Å²) in [6.07, 6.45) is 3.33. The molecular weight excluding hydrogens is 304 g/mol. The maximum absolute atomic E-state index is 12.3. The molecule has 130 valence electrons. The molecule has 2 saturated heterocycles. The third-order valence-electron chi connectivity index (χ3n) is 5.19. The maximum Gasteiger partial charge on any atom is 0.319 e. The van der Waals surface area contributed by atoms with Crippen molar-refractivity contribution in [3.8, 4) is 0 Å². The lowest BCUT2D eigenvalue weighted by Crippen LogP contribution is -2.47. The van der Waals surface area contributed by atoms with Gasteiger partial charge in [-0.25, -0.2) is 4.79 Å². The number of benzene rings is 1. The Hall–Kier alpha value is -2.08. The summed E-state index contributed by atoms with van der Waals surface area (Å²) in [5.41, 5.74) is 2.20. The topological polar surface area (TPSA) is 73.5 Å². The van der Waals surface area contributed by atoms with Crippen molar-refractivity contribution in [3.05, 3.63) is 29.8 Å². The van der Waals surface area contributed by atoms with Gasteiger partial charge in [0.15, 0.2) is 0 Å². The lowest BCUT2D eigenvalue weighted by molar-refractivity contribution is -0.132. The van der Waals surface area contributed by atoms with E-state index in [0.29, 0.717) is 5.41 Å². The summed E-state index contributed by atoms with van der Waals surface area (Å²) >= 11 is 0. The second kappa shape index (κ2) is 7.21. The van der Waals surface area contributed by atoms with Crippen molar-refractivity contribution < 1.29 is 9.59 Å². The second-order valence-electron chi connectivity index (χ2n) is 6.98. The van der Waals surface area contributed by atoms with Crippen LogP contribution in [0.25, 0.3) is 0 Å². The Kier molecular flexibility index (Phi) is 5.04. The van der Waals surface area contributed by atoms with Gasteiger partial charge < -0.3 is 20.9 Å². The molecule has 2 heterocycles. The fraction of sp³-hybridized carbons (Fsp3) is 0.556. The zero-order valence-corrected chi connectivity index (χ0v) is 14.2. The van der Waals surface area contributed by atoms with E-state index in [1.54, 1.807) is 0 Å². The number of nitrogens with one attached hydrogen (secondary N) is 3. The van der Waals surface area contributed by atoms with Gasteiger partial charge in [0.2, 0.25) is 5.91 Å². The number of carbonyl (C=O) groups is 2. The normalized spacial score (nSPS) is 19.3. The van der Waals surface area contributed by atoms with Crippen LogP contribution < -0.4 is 16.0 Å². The molecule has 0 unspecified atom stereocenters. The first-order valence-corrected chi connectivity index (χ1v) is 8.66. The molecule has 0 saturated carbocycles. The van der Waals surface area contributed by atoms with E-state index < -0.39 is 0 Å². The van der Waals surface area contributed by atoms with E-state index in [1.807, 2.05) is 36.1 Å². The molecule has 3 rings (SSSR count). The molecule has 6 nitrogen and oxygen atoms in total. The summed E-state index contributed by atoms with van der Waals surface area (Å²) in [5.74, 6) is -0.00445. The molecule has 0 aliphatic carbocycles. The van der Waals surface area contributed by atoms with Gasteiger partial charge in [0.25, 0.3) is 0 Å². The number of piperidine rings is 1. The summed E-state index contributed by atoms with van der Waals surface area (Å²) < 4.78 is 0. The molecule has 0 radical (unpaired) electrons. The molecule has 24 heavy (non-hydrogen) atoms. The Labute approximate surface area is 143 Å². The Morgan fingerprint density at radius 3 is 2.71 bits per heavy atom. The van der Waals surface area contributed by atoms with Crippen LogP contribution in [0.3, 0.4) is 0 Å². The zero-order chi connectivity index (χ0) is 17.0. The molecule has 1 spiro atoms. The van der Waals surface area contributed by atoms with Gasteiger partial charge in [0.1, 0.15) is 0 Å². The lowest BCUT2D eigenvalue weighted by atomic mass is 9.78. The van der Waals surface area contributed by atoms with Crippen LogP contribution in [0.5, 0.6) is 0 Å². The summed E-state index contributed by atoms with van der Waals surface area (Å²) in [5, 5.41) is 8.83. The van der Waals surface area contributed by atoms with Crippen molar-refractivity contribution in [1.82, 2.24) is 15.5 Å². The van der Waals surface area contributed by atoms with Gasteiger partial charge >= 0.3 is 6.03 Å². The van der Waals surface area contributed by atoms with E-state index in [0.717, 1.165) is 50.3 Å². The molecule has 3 N–H and O–H groups in total. The molecular formula is C18H26N4O2. The predicted molar refractivity (Wildman–Crippen MR) is 93.9 cm³/mol. The Bertz CT molecular complexity index is 601. The number of hydrogen-bond donors (Lipinski definition) is 3. The number of hydrogen-bond acceptors (Lipinski definition) is 3. The fourth-order valence-corrected chi connectivity index (χ4v) is 3.62. The monoisotopic (exact) mass is 330 g/mol. The number of nitrogens with zero attached hydrogens (tertiary/aromatic N) is 1. The average molecular weight is 330 g/mol. The molecule has 1 aromatic carbocycles. The van der Waals surface area contributed by atoms with Crippen LogP contribution in [0.1, 0.15) is 24.8 Å². The standard InChI is InChI=1S/C18H26N4O2/c1-14-3-2-4-15(11-14)21-17(24)20-12-16(23)22-9-6-18(7-10-22)5-8-19-13-18/h2-4,11,19H,5-10,12-13H2,1H3,(H2,20,21,24). The molecule has 0 atom stereocenters. The minimum Gasteiger partial charge on any atom is -0.341 e. The van der Waals surface area contributed by atoms with Crippen molar-refractivity contribution in [2.75, 3.05) is 38.0 Å². The minimum absolute atomic E-state index is 0.00445. The molecule has 6 heteroatoms. The smallest absolute Gasteiger partial charge is 0.319 e. The second-order valence-corrected chi connectivity index (χ2v) is 6.98. The van der Waals surface area contributed by atoms with Crippen LogP contribution in [0, 0.1) is 12.3 Å². The fourth-order valence-electron chi connectivity index (χ4n) is 3.62. The Morgan fingerprint density at radius 2 is 2.04 bits per heavy atom. The van der Waals surface area contributed by atoms with Crippen LogP contribution >= 0.6 is 0 Å². The highest BCUT2D eigenvalue weighted by Gasteiger charge is 2.37. The maximum atomic E-state index is 12.3. The van der Waals surface area contributed by atoms with E-state index in [4.69, 9.17) is 0 Å². The van der Waals surface area contributed by atoms with Crippen molar-refractivity contribution in [2.45, 2.75) is 26.2 Å². The van der Waals surface area contributed by atoms with E-state index in [2.05, 4.69) is 16.0 Å². The van der Waals surface area contributed by atoms with Crippen molar-refractivity contribution in [3.63, 3.8) is 0 Å². The molecule has 2 aliphatic heterocycles. The largest absolute Gasteiger partial charge is 0.341 e. The highest BCUT2D eigenvalue weighted by atomic mass is 16.2. The van der Waals surface area contributed by atoms with Crippen molar-refractivity contribution >= 4 is 17.6 Å². The van der Waals surface area contributed by atoms with Gasteiger partial charge in [0, 0.05) is 25.3 Å². The van der Waals surface area contributed by atoms with Crippen LogP contribution in [0.15, 0.2) is 24.3 Å². The number of likely N-dealkylation sites (tertiary alicyclic amines) is 1. The molecule has 3 amide bonds. The average Bonchev–Trinajstić information content (AvgIpc) is 3.01. The molecule has 0 bridgehead atoms. The van der Waals surface area contributed by atoms with Gasteiger partial charge in [-0.15, -0.1) is 0 Å². The molecule has 2 fully saturated rings. The number of rotatable bonds is 3. The minimum atomic E-state index is -0.345. The van der Waals surface area contributed by atoms with Crippen LogP contribution in [0.2, 0.25) is 0 Å². The van der Waals surface area contributed by atoms with Crippen LogP contribution in [-0.4, -0.2) is 49.6 Å². The first-order chi connectivity index (χ1) is 11.6. The number of amides is 3. The highest BCUT2D eigenvalue weighted by Crippen LogP contribution is 2.36. The summed E-state index contributed by atoms with van der Waals surface area (Å²) in [6.45, 7) is 5.77. The summed E-state index contributed by atoms with van der Waals surface area (Å²) in [6, 6.07) is 7.23. The van der Waals surface area contributed by atoms with Gasteiger partial charge in [0.05, 0.1) is 6.54 Å². The third-order valence-corrected chi connectivity index (χ3v) is 5.19. The highest BCUT2D eigenvalue weighted by molar-refractivity contribution is 5.92. The molecule has 2 aliphatic rings. The first kappa shape index (κ1) is 16.8. The van der Waals surface area contributed by atoms with E-state index >= 15 is 0 Å². The number of carbonyl (C=O) groups excluding carboxylic acids is 2. The van der Waals surface area contributed by atoms with Crippen LogP contribution in [0.4, 0.5) is 10.5 Å². The SMILES string of the molecule is Cc1cccc(NC(=O)NCC(=O)N2CCC3(CCNC3)CC2)c1. The Balaban J connectivity index is 1.41. The van der Waals surface area contributed by atoms with Gasteiger partial charge in [-0.2, -0.15) is 0 Å². The van der Waals surface area contributed by atoms with Gasteiger partial charge in [-0.1, -0.05) is 12.1 Å². The Morgan fingerprint density at radius 1 is 1.25 bits per heavy atom. The van der Waals surface area contributed by atoms with E-state index in [1.165, 1.54) is 6.42 Å². The summed E-state index contributed by atoms with van der Waals surface area (Å²) in [7, 11) is 0. The number of anilines is 1.